The van der Waals surface area contributed by atoms with Gasteiger partial charge in [0.05, 0.1) is 6.04 Å². The lowest BCUT2D eigenvalue weighted by atomic mass is 9.92. The number of ether oxygens (including phenoxy) is 1. The van der Waals surface area contributed by atoms with Crippen LogP contribution in [0.5, 0.6) is 0 Å². The molecule has 1 aromatic heterocycles. The van der Waals surface area contributed by atoms with E-state index in [2.05, 4.69) is 22.1 Å². The Morgan fingerprint density at radius 1 is 1.14 bits per heavy atom. The van der Waals surface area contributed by atoms with Crippen LogP contribution in [0.1, 0.15) is 31.0 Å². The molecule has 0 unspecified atom stereocenters. The number of hydrogen-bond donors (Lipinski definition) is 0. The molecular weight excluding hydrogens is 368 g/mol. The average molecular weight is 394 g/mol. The summed E-state index contributed by atoms with van der Waals surface area (Å²) >= 11 is 0. The summed E-state index contributed by atoms with van der Waals surface area (Å²) in [4.78, 5) is 36.2. The van der Waals surface area contributed by atoms with Gasteiger partial charge < -0.3 is 9.64 Å². The third-order valence-electron chi connectivity index (χ3n) is 5.79. The minimum absolute atomic E-state index is 0.0774. The van der Waals surface area contributed by atoms with Crippen molar-refractivity contribution in [2.75, 3.05) is 24.6 Å². The van der Waals surface area contributed by atoms with Crippen LogP contribution in [0.15, 0.2) is 42.7 Å². The fraction of sp³-hybridized carbons (Fsp3) is 0.455. The Morgan fingerprint density at radius 2 is 1.90 bits per heavy atom. The lowest BCUT2D eigenvalue weighted by Gasteiger charge is -2.31. The fourth-order valence-electron chi connectivity index (χ4n) is 4.15. The van der Waals surface area contributed by atoms with Gasteiger partial charge >= 0.3 is 6.09 Å². The van der Waals surface area contributed by atoms with E-state index in [1.165, 1.54) is 6.33 Å². The first-order chi connectivity index (χ1) is 14.1. The molecule has 0 spiro atoms. The summed E-state index contributed by atoms with van der Waals surface area (Å²) in [6, 6.07) is 11.9. The molecule has 2 aliphatic rings. The summed E-state index contributed by atoms with van der Waals surface area (Å²) in [6.07, 6.45) is 4.66. The van der Waals surface area contributed by atoms with Crippen molar-refractivity contribution in [1.29, 1.82) is 0 Å². The van der Waals surface area contributed by atoms with E-state index in [1.54, 1.807) is 11.8 Å². The Bertz CT molecular complexity index is 865. The monoisotopic (exact) mass is 394 g/mol. The molecule has 3 heterocycles. The summed E-state index contributed by atoms with van der Waals surface area (Å²) < 4.78 is 5.32. The molecule has 1 atom stereocenters. The standard InChI is InChI=1S/C22H26N4O3/c1-16(27)25-9-7-18(8-10-25)11-19-13-21(24-15-23-19)26-20(14-29-22(26)28)12-17-5-3-2-4-6-17/h2-6,13,15,18,20H,7-12,14H2,1H3/t20-/m0/s1. The highest BCUT2D eigenvalue weighted by molar-refractivity contribution is 5.89. The average Bonchev–Trinajstić information content (AvgIpc) is 3.09. The first-order valence-corrected chi connectivity index (χ1v) is 10.2. The summed E-state index contributed by atoms with van der Waals surface area (Å²) in [5, 5.41) is 0. The number of amides is 2. The number of carbonyl (C=O) groups is 2. The third-order valence-corrected chi connectivity index (χ3v) is 5.79. The van der Waals surface area contributed by atoms with Crippen LogP contribution >= 0.6 is 0 Å². The maximum Gasteiger partial charge on any atom is 0.415 e. The molecule has 29 heavy (non-hydrogen) atoms. The zero-order chi connectivity index (χ0) is 20.2. The van der Waals surface area contributed by atoms with Gasteiger partial charge in [0.15, 0.2) is 0 Å². The molecular formula is C22H26N4O3. The number of likely N-dealkylation sites (tertiary alicyclic amines) is 1. The van der Waals surface area contributed by atoms with Gasteiger partial charge in [-0.05, 0) is 37.2 Å². The second-order valence-electron chi connectivity index (χ2n) is 7.81. The predicted octanol–water partition coefficient (Wildman–Crippen LogP) is 2.85. The summed E-state index contributed by atoms with van der Waals surface area (Å²) in [5.41, 5.74) is 2.08. The second kappa shape index (κ2) is 8.59. The number of cyclic esters (lactones) is 1. The van der Waals surface area contributed by atoms with Crippen LogP contribution in [-0.2, 0) is 22.4 Å². The second-order valence-corrected chi connectivity index (χ2v) is 7.81. The van der Waals surface area contributed by atoms with Crippen molar-refractivity contribution in [2.24, 2.45) is 5.92 Å². The highest BCUT2D eigenvalue weighted by Crippen LogP contribution is 2.26. The smallest absolute Gasteiger partial charge is 0.415 e. The molecule has 0 saturated carbocycles. The fourth-order valence-corrected chi connectivity index (χ4v) is 4.15. The maximum absolute atomic E-state index is 12.4. The number of nitrogens with zero attached hydrogens (tertiary/aromatic N) is 4. The Balaban J connectivity index is 1.44. The lowest BCUT2D eigenvalue weighted by Crippen LogP contribution is -2.37. The van der Waals surface area contributed by atoms with E-state index in [0.29, 0.717) is 18.3 Å². The van der Waals surface area contributed by atoms with Gasteiger partial charge in [0.25, 0.3) is 0 Å². The van der Waals surface area contributed by atoms with Gasteiger partial charge in [0, 0.05) is 31.8 Å². The zero-order valence-electron chi connectivity index (χ0n) is 16.7. The number of piperidine rings is 1. The SMILES string of the molecule is CC(=O)N1CCC(Cc2cc(N3C(=O)OC[C@@H]3Cc3ccccc3)ncn2)CC1. The van der Waals surface area contributed by atoms with E-state index in [1.807, 2.05) is 29.2 Å². The highest BCUT2D eigenvalue weighted by Gasteiger charge is 2.35. The van der Waals surface area contributed by atoms with Crippen LogP contribution in [0, 0.1) is 5.92 Å². The molecule has 0 radical (unpaired) electrons. The van der Waals surface area contributed by atoms with Crippen molar-refractivity contribution >= 4 is 17.8 Å². The van der Waals surface area contributed by atoms with Crippen molar-refractivity contribution in [3.05, 3.63) is 54.0 Å². The lowest BCUT2D eigenvalue weighted by molar-refractivity contribution is -0.130. The van der Waals surface area contributed by atoms with Gasteiger partial charge in [-0.2, -0.15) is 0 Å². The molecule has 0 aliphatic carbocycles. The van der Waals surface area contributed by atoms with Gasteiger partial charge in [-0.15, -0.1) is 0 Å². The normalized spacial score (nSPS) is 20.0. The number of hydrogen-bond acceptors (Lipinski definition) is 5. The highest BCUT2D eigenvalue weighted by atomic mass is 16.6. The van der Waals surface area contributed by atoms with Crippen LogP contribution in [0.2, 0.25) is 0 Å². The number of carbonyl (C=O) groups excluding carboxylic acids is 2. The van der Waals surface area contributed by atoms with Crippen LogP contribution in [0.25, 0.3) is 0 Å². The Morgan fingerprint density at radius 3 is 2.62 bits per heavy atom. The van der Waals surface area contributed by atoms with Crippen LogP contribution < -0.4 is 4.90 Å². The molecule has 0 N–H and O–H groups in total. The number of anilines is 1. The summed E-state index contributed by atoms with van der Waals surface area (Å²) in [7, 11) is 0. The topological polar surface area (TPSA) is 75.6 Å². The van der Waals surface area contributed by atoms with Crippen molar-refractivity contribution in [1.82, 2.24) is 14.9 Å². The quantitative estimate of drug-likeness (QED) is 0.779. The largest absolute Gasteiger partial charge is 0.447 e. The number of aromatic nitrogens is 2. The van der Waals surface area contributed by atoms with E-state index in [9.17, 15) is 9.59 Å². The maximum atomic E-state index is 12.4. The first-order valence-electron chi connectivity index (χ1n) is 10.2. The molecule has 1 aromatic carbocycles. The van der Waals surface area contributed by atoms with E-state index in [-0.39, 0.29) is 18.0 Å². The predicted molar refractivity (Wildman–Crippen MR) is 108 cm³/mol. The van der Waals surface area contributed by atoms with Gasteiger partial charge in [0.2, 0.25) is 5.91 Å². The molecule has 0 bridgehead atoms. The molecule has 2 fully saturated rings. The van der Waals surface area contributed by atoms with E-state index in [4.69, 9.17) is 4.74 Å². The molecule has 7 heteroatoms. The van der Waals surface area contributed by atoms with Gasteiger partial charge in [-0.25, -0.2) is 14.8 Å². The molecule has 2 aromatic rings. The zero-order valence-corrected chi connectivity index (χ0v) is 16.7. The third kappa shape index (κ3) is 4.55. The van der Waals surface area contributed by atoms with E-state index >= 15 is 0 Å². The van der Waals surface area contributed by atoms with Crippen molar-refractivity contribution in [3.63, 3.8) is 0 Å². The van der Waals surface area contributed by atoms with Crippen molar-refractivity contribution in [3.8, 4) is 0 Å². The van der Waals surface area contributed by atoms with Crippen molar-refractivity contribution in [2.45, 2.75) is 38.6 Å². The first kappa shape index (κ1) is 19.4. The van der Waals surface area contributed by atoms with Crippen molar-refractivity contribution < 1.29 is 14.3 Å². The van der Waals surface area contributed by atoms with E-state index < -0.39 is 0 Å². The molecule has 2 saturated heterocycles. The van der Waals surface area contributed by atoms with Gasteiger partial charge in [-0.3, -0.25) is 9.69 Å². The minimum atomic E-state index is -0.356. The molecule has 7 nitrogen and oxygen atoms in total. The van der Waals surface area contributed by atoms with Crippen LogP contribution in [0.3, 0.4) is 0 Å². The van der Waals surface area contributed by atoms with Crippen LogP contribution in [0.4, 0.5) is 10.6 Å². The number of benzene rings is 1. The van der Waals surface area contributed by atoms with E-state index in [0.717, 1.165) is 50.0 Å². The van der Waals surface area contributed by atoms with Gasteiger partial charge in [-0.1, -0.05) is 30.3 Å². The number of rotatable bonds is 5. The summed E-state index contributed by atoms with van der Waals surface area (Å²) in [6.45, 7) is 3.58. The Labute approximate surface area is 170 Å². The molecule has 152 valence electrons. The molecule has 4 rings (SSSR count). The summed E-state index contributed by atoms with van der Waals surface area (Å²) in [5.74, 6) is 1.23. The minimum Gasteiger partial charge on any atom is -0.447 e. The Kier molecular flexibility index (Phi) is 5.74. The van der Waals surface area contributed by atoms with Crippen LogP contribution in [-0.4, -0.2) is 52.6 Å². The molecule has 2 amide bonds. The Hall–Kier alpha value is -2.96. The molecule has 2 aliphatic heterocycles. The van der Waals surface area contributed by atoms with Gasteiger partial charge in [0.1, 0.15) is 18.8 Å².